The van der Waals surface area contributed by atoms with E-state index in [1.165, 1.54) is 32.7 Å². The molecule has 11 heteroatoms. The van der Waals surface area contributed by atoms with Crippen LogP contribution in [0.15, 0.2) is 119 Å². The molecule has 5 heterocycles. The lowest BCUT2D eigenvalue weighted by Gasteiger charge is -2.35. The van der Waals surface area contributed by atoms with Crippen LogP contribution in [-0.4, -0.2) is 68.3 Å². The summed E-state index contributed by atoms with van der Waals surface area (Å²) in [4.78, 5) is 13.5. The van der Waals surface area contributed by atoms with Crippen molar-refractivity contribution in [2.75, 3.05) is 32.8 Å². The Kier molecular flexibility index (Phi) is 11.2. The average molecular weight is 845 g/mol. The fourth-order valence-corrected chi connectivity index (χ4v) is 10.9. The number of thiophene rings is 1. The Hall–Kier alpha value is -6.04. The van der Waals surface area contributed by atoms with Crippen molar-refractivity contribution in [2.24, 2.45) is 10.9 Å². The molecule has 0 amide bonds. The molecule has 0 unspecified atom stereocenters. The van der Waals surface area contributed by atoms with E-state index in [1.807, 2.05) is 19.1 Å². The predicted molar refractivity (Wildman–Crippen MR) is 243 cm³/mol. The standard InChI is InChI=1S/C51H52N6O4S/c1-32-33(2)62-51-47(32)49(53-45(30-46-52-23-27-60-46)50-55-54-34(3)57(50)51)38-11-17-42(18-12-38)61-31-35-21-24-56(25-22-35)26-28-59-41-15-9-37(10-16-41)48-43(36-7-5-4-6-8-36)19-13-39-29-40(58)14-20-44(39)48/h4-12,14-18,20,23,27,29,35,43,45,48,58H,13,19,21-22,24-26,28,30-31H2,1-3H3/t43-,45+,48+/m1/s1. The van der Waals surface area contributed by atoms with Crippen LogP contribution in [0.5, 0.6) is 17.2 Å². The molecule has 4 aromatic carbocycles. The Morgan fingerprint density at radius 2 is 1.61 bits per heavy atom. The highest BCUT2D eigenvalue weighted by atomic mass is 32.1. The third kappa shape index (κ3) is 8.07. The van der Waals surface area contributed by atoms with Crippen molar-refractivity contribution in [3.05, 3.63) is 171 Å². The highest BCUT2D eigenvalue weighted by Crippen LogP contribution is 2.47. The van der Waals surface area contributed by atoms with E-state index < -0.39 is 0 Å². The summed E-state index contributed by atoms with van der Waals surface area (Å²) >= 11 is 1.76. The number of oxazole rings is 1. The quantitative estimate of drug-likeness (QED) is 0.129. The van der Waals surface area contributed by atoms with Gasteiger partial charge in [0.05, 0.1) is 24.9 Å². The number of aromatic hydroxyl groups is 1. The zero-order valence-corrected chi connectivity index (χ0v) is 36.4. The third-order valence-corrected chi connectivity index (χ3v) is 14.3. The first-order valence-electron chi connectivity index (χ1n) is 21.9. The molecule has 316 valence electrons. The van der Waals surface area contributed by atoms with Crippen molar-refractivity contribution < 1.29 is 19.0 Å². The molecule has 0 bridgehead atoms. The second-order valence-electron chi connectivity index (χ2n) is 17.0. The number of ether oxygens (including phenoxy) is 2. The Balaban J connectivity index is 0.733. The van der Waals surface area contributed by atoms with Crippen LogP contribution in [0.2, 0.25) is 0 Å². The molecule has 1 aliphatic carbocycles. The number of nitrogens with zero attached hydrogens (tertiary/aromatic N) is 6. The molecule has 3 aliphatic rings. The number of aryl methyl sites for hydroxylation is 3. The van der Waals surface area contributed by atoms with E-state index in [1.54, 1.807) is 23.8 Å². The fraction of sp³-hybridized carbons (Fsp3) is 0.333. The van der Waals surface area contributed by atoms with Crippen molar-refractivity contribution in [3.63, 3.8) is 0 Å². The minimum absolute atomic E-state index is 0.227. The van der Waals surface area contributed by atoms with Crippen molar-refractivity contribution in [1.29, 1.82) is 0 Å². The predicted octanol–water partition coefficient (Wildman–Crippen LogP) is 10.1. The summed E-state index contributed by atoms with van der Waals surface area (Å²) in [6.45, 7) is 10.7. The minimum atomic E-state index is -0.304. The molecule has 0 radical (unpaired) electrons. The van der Waals surface area contributed by atoms with E-state index in [0.717, 1.165) is 90.3 Å². The van der Waals surface area contributed by atoms with Gasteiger partial charge in [-0.3, -0.25) is 14.5 Å². The van der Waals surface area contributed by atoms with Crippen molar-refractivity contribution in [2.45, 2.75) is 70.8 Å². The summed E-state index contributed by atoms with van der Waals surface area (Å²) in [5, 5.41) is 20.4. The molecular weight excluding hydrogens is 793 g/mol. The topological polar surface area (TPSA) is 111 Å². The van der Waals surface area contributed by atoms with Crippen LogP contribution in [0.25, 0.3) is 5.00 Å². The molecule has 0 saturated carbocycles. The summed E-state index contributed by atoms with van der Waals surface area (Å²) in [6.07, 6.45) is 7.97. The number of piperidine rings is 1. The van der Waals surface area contributed by atoms with Gasteiger partial charge in [-0.1, -0.05) is 48.5 Å². The van der Waals surface area contributed by atoms with Gasteiger partial charge >= 0.3 is 0 Å². The molecule has 62 heavy (non-hydrogen) atoms. The lowest BCUT2D eigenvalue weighted by atomic mass is 9.69. The Bertz CT molecular complexity index is 2660. The van der Waals surface area contributed by atoms with Crippen LogP contribution < -0.4 is 9.47 Å². The summed E-state index contributed by atoms with van der Waals surface area (Å²) in [5.41, 5.74) is 9.51. The second-order valence-corrected chi connectivity index (χ2v) is 18.2. The van der Waals surface area contributed by atoms with Gasteiger partial charge in [0.1, 0.15) is 47.0 Å². The maximum atomic E-state index is 10.2. The summed E-state index contributed by atoms with van der Waals surface area (Å²) in [7, 11) is 0. The van der Waals surface area contributed by atoms with Crippen LogP contribution in [-0.2, 0) is 12.8 Å². The average Bonchev–Trinajstić information content (AvgIpc) is 4.01. The first-order valence-corrected chi connectivity index (χ1v) is 22.7. The monoisotopic (exact) mass is 844 g/mol. The summed E-state index contributed by atoms with van der Waals surface area (Å²) in [6, 6.07) is 33.6. The van der Waals surface area contributed by atoms with Crippen molar-refractivity contribution in [1.82, 2.24) is 24.6 Å². The third-order valence-electron chi connectivity index (χ3n) is 13.1. The number of phenols is 1. The fourth-order valence-electron chi connectivity index (χ4n) is 9.69. The zero-order chi connectivity index (χ0) is 42.2. The molecule has 1 N–H and O–H groups in total. The molecule has 1 fully saturated rings. The number of likely N-dealkylation sites (tertiary alicyclic amines) is 1. The highest BCUT2D eigenvalue weighted by molar-refractivity contribution is 7.15. The number of fused-ring (bicyclic) bond motifs is 4. The maximum Gasteiger partial charge on any atom is 0.196 e. The maximum absolute atomic E-state index is 10.2. The molecule has 1 saturated heterocycles. The largest absolute Gasteiger partial charge is 0.508 e. The first kappa shape index (κ1) is 40.1. The van der Waals surface area contributed by atoms with Gasteiger partial charge in [-0.05, 0) is 148 Å². The number of aromatic nitrogens is 4. The lowest BCUT2D eigenvalue weighted by molar-refractivity contribution is 0.126. The van der Waals surface area contributed by atoms with Crippen LogP contribution >= 0.6 is 11.3 Å². The van der Waals surface area contributed by atoms with E-state index in [2.05, 4.69) is 123 Å². The van der Waals surface area contributed by atoms with Gasteiger partial charge in [-0.2, -0.15) is 0 Å². The van der Waals surface area contributed by atoms with E-state index in [9.17, 15) is 5.11 Å². The number of hydrogen-bond acceptors (Lipinski definition) is 10. The van der Waals surface area contributed by atoms with E-state index in [-0.39, 0.29) is 12.0 Å². The minimum Gasteiger partial charge on any atom is -0.508 e. The van der Waals surface area contributed by atoms with Crippen LogP contribution in [0.4, 0.5) is 0 Å². The SMILES string of the molecule is Cc1sc2c(c1C)C(c1ccc(OCC3CCN(CCOc4ccc([C@@H]5c6ccc(O)cc6CC[C@@H]5c5ccccc5)cc4)CC3)cc1)=N[C@@H](Cc1ncco1)c1nnc(C)n1-2. The van der Waals surface area contributed by atoms with Gasteiger partial charge in [0.25, 0.3) is 0 Å². The molecule has 10 rings (SSSR count). The van der Waals surface area contributed by atoms with Crippen LogP contribution in [0, 0.1) is 26.7 Å². The summed E-state index contributed by atoms with van der Waals surface area (Å²) in [5.74, 6) is 5.48. The molecule has 10 nitrogen and oxygen atoms in total. The van der Waals surface area contributed by atoms with E-state index >= 15 is 0 Å². The first-order chi connectivity index (χ1) is 30.4. The van der Waals surface area contributed by atoms with E-state index in [4.69, 9.17) is 18.9 Å². The molecule has 3 aromatic heterocycles. The van der Waals surface area contributed by atoms with Gasteiger partial charge < -0.3 is 19.0 Å². The Morgan fingerprint density at radius 1 is 0.839 bits per heavy atom. The van der Waals surface area contributed by atoms with Gasteiger partial charge in [-0.15, -0.1) is 21.5 Å². The van der Waals surface area contributed by atoms with Gasteiger partial charge in [0.2, 0.25) is 0 Å². The molecule has 0 spiro atoms. The van der Waals surface area contributed by atoms with Crippen molar-refractivity contribution >= 4 is 17.0 Å². The molecular formula is C51H52N6O4S. The smallest absolute Gasteiger partial charge is 0.196 e. The molecule has 7 aromatic rings. The normalized spacial score (nSPS) is 19.0. The highest BCUT2D eigenvalue weighted by Gasteiger charge is 2.34. The summed E-state index contributed by atoms with van der Waals surface area (Å²) < 4.78 is 20.5. The Morgan fingerprint density at radius 3 is 2.39 bits per heavy atom. The Labute approximate surface area is 366 Å². The lowest BCUT2D eigenvalue weighted by Crippen LogP contribution is -2.37. The molecule has 2 aliphatic heterocycles. The van der Waals surface area contributed by atoms with Gasteiger partial charge in [0.15, 0.2) is 11.7 Å². The van der Waals surface area contributed by atoms with Crippen molar-refractivity contribution in [3.8, 4) is 22.2 Å². The van der Waals surface area contributed by atoms with Gasteiger partial charge in [0, 0.05) is 28.5 Å². The zero-order valence-electron chi connectivity index (χ0n) is 35.5. The second kappa shape index (κ2) is 17.4. The number of benzene rings is 4. The number of hydrogen-bond donors (Lipinski definition) is 1. The van der Waals surface area contributed by atoms with Crippen LogP contribution in [0.3, 0.4) is 0 Å². The number of rotatable bonds is 12. The number of aliphatic imine (C=N–C) groups is 1. The molecule has 3 atom stereocenters. The van der Waals surface area contributed by atoms with Crippen LogP contribution in [0.1, 0.15) is 98.5 Å². The van der Waals surface area contributed by atoms with Gasteiger partial charge in [-0.25, -0.2) is 4.98 Å². The number of phenolic OH excluding ortho intramolecular Hbond substituents is 1. The van der Waals surface area contributed by atoms with E-state index in [0.29, 0.717) is 43.1 Å².